The summed E-state index contributed by atoms with van der Waals surface area (Å²) in [6.07, 6.45) is 1.36. The van der Waals surface area contributed by atoms with Gasteiger partial charge in [-0.25, -0.2) is 9.59 Å². The van der Waals surface area contributed by atoms with Crippen LogP contribution >= 0.6 is 0 Å². The highest BCUT2D eigenvalue weighted by molar-refractivity contribution is 5.86. The Labute approximate surface area is 105 Å². The zero-order valence-corrected chi connectivity index (χ0v) is 10.2. The highest BCUT2D eigenvalue weighted by Gasteiger charge is 2.42. The van der Waals surface area contributed by atoms with Crippen LogP contribution in [0.1, 0.15) is 19.3 Å². The highest BCUT2D eigenvalue weighted by atomic mass is 16.5. The van der Waals surface area contributed by atoms with E-state index in [1.807, 2.05) is 0 Å². The molecule has 1 atom stereocenters. The van der Waals surface area contributed by atoms with E-state index in [1.165, 1.54) is 0 Å². The molecule has 0 radical (unpaired) electrons. The maximum absolute atomic E-state index is 12.0. The average Bonchev–Trinajstić information content (AvgIpc) is 2.77. The number of nitrogens with one attached hydrogen (secondary N) is 1. The first-order valence-electron chi connectivity index (χ1n) is 6.17. The predicted molar refractivity (Wildman–Crippen MR) is 63.1 cm³/mol. The number of urea groups is 1. The van der Waals surface area contributed by atoms with Gasteiger partial charge in [-0.1, -0.05) is 0 Å². The van der Waals surface area contributed by atoms with Crippen LogP contribution in [0.3, 0.4) is 0 Å². The fraction of sp³-hybridized carbons (Fsp3) is 0.818. The van der Waals surface area contributed by atoms with E-state index in [0.29, 0.717) is 39.1 Å². The van der Waals surface area contributed by atoms with Gasteiger partial charge in [0.05, 0.1) is 0 Å². The molecule has 0 aromatic rings. The van der Waals surface area contributed by atoms with Gasteiger partial charge in [0.25, 0.3) is 0 Å². The average molecular weight is 257 g/mol. The lowest BCUT2D eigenvalue weighted by atomic mass is 9.90. The van der Waals surface area contributed by atoms with Crippen molar-refractivity contribution in [3.8, 4) is 0 Å². The van der Waals surface area contributed by atoms with Crippen molar-refractivity contribution >= 4 is 12.0 Å². The second kappa shape index (κ2) is 5.11. The minimum absolute atomic E-state index is 0.00813. The van der Waals surface area contributed by atoms with Gasteiger partial charge in [-0.05, 0) is 6.42 Å². The number of carboxylic acids is 1. The minimum atomic E-state index is -1.19. The molecule has 18 heavy (non-hydrogen) atoms. The third kappa shape index (κ3) is 2.56. The van der Waals surface area contributed by atoms with Gasteiger partial charge < -0.3 is 25.8 Å². The molecule has 2 aliphatic heterocycles. The van der Waals surface area contributed by atoms with Gasteiger partial charge in [0, 0.05) is 45.2 Å². The second-order valence-electron chi connectivity index (χ2n) is 4.92. The van der Waals surface area contributed by atoms with E-state index in [1.54, 1.807) is 4.90 Å². The third-order valence-corrected chi connectivity index (χ3v) is 3.61. The van der Waals surface area contributed by atoms with Gasteiger partial charge in [0.1, 0.15) is 5.54 Å². The number of likely N-dealkylation sites (tertiary alicyclic amines) is 1. The molecule has 102 valence electrons. The molecule has 2 fully saturated rings. The van der Waals surface area contributed by atoms with Crippen molar-refractivity contribution in [1.82, 2.24) is 10.2 Å². The van der Waals surface area contributed by atoms with Crippen LogP contribution in [0.2, 0.25) is 0 Å². The monoisotopic (exact) mass is 257 g/mol. The summed E-state index contributed by atoms with van der Waals surface area (Å²) in [4.78, 5) is 25.0. The summed E-state index contributed by atoms with van der Waals surface area (Å²) in [5.41, 5.74) is 4.54. The van der Waals surface area contributed by atoms with E-state index in [0.717, 1.165) is 6.42 Å². The van der Waals surface area contributed by atoms with E-state index in [2.05, 4.69) is 5.32 Å². The van der Waals surface area contributed by atoms with Crippen molar-refractivity contribution in [3.63, 3.8) is 0 Å². The Morgan fingerprint density at radius 3 is 2.56 bits per heavy atom. The number of nitrogens with zero attached hydrogens (tertiary/aromatic N) is 1. The van der Waals surface area contributed by atoms with Crippen LogP contribution in [0.4, 0.5) is 4.79 Å². The van der Waals surface area contributed by atoms with Crippen LogP contribution in [0.15, 0.2) is 0 Å². The van der Waals surface area contributed by atoms with Crippen molar-refractivity contribution < 1.29 is 19.4 Å². The van der Waals surface area contributed by atoms with Crippen molar-refractivity contribution in [3.05, 3.63) is 0 Å². The summed E-state index contributed by atoms with van der Waals surface area (Å²) in [6, 6.07) is -0.349. The number of rotatable bonds is 2. The highest BCUT2D eigenvalue weighted by Crippen LogP contribution is 2.22. The summed E-state index contributed by atoms with van der Waals surface area (Å²) in [7, 11) is 0. The first kappa shape index (κ1) is 13.1. The summed E-state index contributed by atoms with van der Waals surface area (Å²) >= 11 is 0. The molecule has 2 saturated heterocycles. The van der Waals surface area contributed by atoms with Crippen molar-refractivity contribution in [1.29, 1.82) is 0 Å². The van der Waals surface area contributed by atoms with Crippen LogP contribution < -0.4 is 11.1 Å². The Morgan fingerprint density at radius 1 is 1.39 bits per heavy atom. The number of aliphatic carboxylic acids is 1. The number of carbonyl (C=O) groups is 2. The molecule has 2 aliphatic rings. The number of hydrogen-bond acceptors (Lipinski definition) is 4. The van der Waals surface area contributed by atoms with E-state index in [4.69, 9.17) is 10.5 Å². The normalized spacial score (nSPS) is 26.9. The van der Waals surface area contributed by atoms with Crippen LogP contribution in [-0.2, 0) is 9.53 Å². The number of ether oxygens (including phenoxy) is 1. The number of hydrogen-bond donors (Lipinski definition) is 3. The lowest BCUT2D eigenvalue weighted by molar-refractivity contribution is -0.148. The fourth-order valence-electron chi connectivity index (χ4n) is 2.37. The molecule has 0 saturated carbocycles. The number of nitrogens with two attached hydrogens (primary N) is 1. The van der Waals surface area contributed by atoms with Gasteiger partial charge in [-0.15, -0.1) is 0 Å². The third-order valence-electron chi connectivity index (χ3n) is 3.61. The first-order chi connectivity index (χ1) is 8.53. The van der Waals surface area contributed by atoms with Gasteiger partial charge in [-0.2, -0.15) is 0 Å². The van der Waals surface area contributed by atoms with Crippen molar-refractivity contribution in [2.45, 2.75) is 30.8 Å². The predicted octanol–water partition coefficient (Wildman–Crippen LogP) is -0.637. The molecule has 0 aliphatic carbocycles. The Morgan fingerprint density at radius 2 is 2.06 bits per heavy atom. The second-order valence-corrected chi connectivity index (χ2v) is 4.92. The van der Waals surface area contributed by atoms with Crippen LogP contribution in [0.25, 0.3) is 0 Å². The summed E-state index contributed by atoms with van der Waals surface area (Å²) < 4.78 is 5.15. The molecule has 4 N–H and O–H groups in total. The number of amides is 2. The Hall–Kier alpha value is -1.34. The van der Waals surface area contributed by atoms with Crippen LogP contribution in [0, 0.1) is 0 Å². The van der Waals surface area contributed by atoms with E-state index in [9.17, 15) is 14.7 Å². The topological polar surface area (TPSA) is 105 Å². The zero-order valence-electron chi connectivity index (χ0n) is 10.2. The van der Waals surface area contributed by atoms with Crippen molar-refractivity contribution in [2.24, 2.45) is 5.73 Å². The van der Waals surface area contributed by atoms with Gasteiger partial charge in [0.2, 0.25) is 0 Å². The zero-order chi connectivity index (χ0) is 13.2. The van der Waals surface area contributed by atoms with Gasteiger partial charge in [0.15, 0.2) is 0 Å². The maximum atomic E-state index is 12.0. The first-order valence-corrected chi connectivity index (χ1v) is 6.17. The molecule has 0 spiro atoms. The summed E-state index contributed by atoms with van der Waals surface area (Å²) in [5.74, 6) is -0.998. The molecule has 2 rings (SSSR count). The fourth-order valence-corrected chi connectivity index (χ4v) is 2.37. The smallest absolute Gasteiger partial charge is 0.329 e. The molecule has 0 aromatic carbocycles. The maximum Gasteiger partial charge on any atom is 0.329 e. The molecule has 7 heteroatoms. The van der Waals surface area contributed by atoms with Crippen LogP contribution in [0.5, 0.6) is 0 Å². The van der Waals surface area contributed by atoms with Crippen LogP contribution in [-0.4, -0.2) is 59.9 Å². The molecular formula is C11H19N3O4. The summed E-state index contributed by atoms with van der Waals surface area (Å²) in [5, 5.41) is 12.0. The Kier molecular flexibility index (Phi) is 3.72. The quantitative estimate of drug-likeness (QED) is 0.610. The minimum Gasteiger partial charge on any atom is -0.480 e. The Bertz CT molecular complexity index is 341. The number of carboxylic acid groups (broad SMARTS) is 1. The molecular weight excluding hydrogens is 238 g/mol. The molecule has 1 unspecified atom stereocenters. The number of carbonyl (C=O) groups excluding carboxylic acids is 1. The lowest BCUT2D eigenvalue weighted by Crippen LogP contribution is -2.60. The summed E-state index contributed by atoms with van der Waals surface area (Å²) in [6.45, 7) is 1.77. The molecule has 0 aromatic heterocycles. The van der Waals surface area contributed by atoms with E-state index in [-0.39, 0.29) is 12.1 Å². The molecule has 2 heterocycles. The standard InChI is InChI=1S/C11H19N3O4/c12-8-1-4-14(7-8)10(17)13-11(9(15)16)2-5-18-6-3-11/h8H,1-7,12H2,(H,13,17)(H,15,16). The van der Waals surface area contributed by atoms with E-state index < -0.39 is 11.5 Å². The SMILES string of the molecule is NC1CCN(C(=O)NC2(C(=O)O)CCOCC2)C1. The molecule has 2 amide bonds. The molecule has 0 bridgehead atoms. The van der Waals surface area contributed by atoms with Gasteiger partial charge >= 0.3 is 12.0 Å². The largest absolute Gasteiger partial charge is 0.480 e. The molecule has 7 nitrogen and oxygen atoms in total. The Balaban J connectivity index is 2.00. The van der Waals surface area contributed by atoms with Crippen molar-refractivity contribution in [2.75, 3.05) is 26.3 Å². The van der Waals surface area contributed by atoms with E-state index >= 15 is 0 Å². The van der Waals surface area contributed by atoms with Gasteiger partial charge in [-0.3, -0.25) is 0 Å². The lowest BCUT2D eigenvalue weighted by Gasteiger charge is -2.35.